The first-order chi connectivity index (χ1) is 15.2. The highest BCUT2D eigenvalue weighted by Crippen LogP contribution is 2.15. The van der Waals surface area contributed by atoms with Crippen LogP contribution in [0.3, 0.4) is 0 Å². The van der Waals surface area contributed by atoms with Crippen LogP contribution in [-0.2, 0) is 25.7 Å². The third-order valence-corrected chi connectivity index (χ3v) is 5.36. The van der Waals surface area contributed by atoms with Crippen molar-refractivity contribution in [2.75, 3.05) is 13.6 Å². The summed E-state index contributed by atoms with van der Waals surface area (Å²) >= 11 is 0. The second-order valence-corrected chi connectivity index (χ2v) is 8.52. The maximum absolute atomic E-state index is 12.9. The smallest absolute Gasteiger partial charge is 0.414 e. The molecule has 1 aliphatic rings. The average molecular weight is 447 g/mol. The van der Waals surface area contributed by atoms with Crippen LogP contribution in [0.2, 0.25) is 0 Å². The fourth-order valence-corrected chi connectivity index (χ4v) is 3.53. The highest BCUT2D eigenvalue weighted by molar-refractivity contribution is 5.97. The zero-order valence-electron chi connectivity index (χ0n) is 19.2. The van der Waals surface area contributed by atoms with Crippen molar-refractivity contribution in [2.24, 2.45) is 5.92 Å². The Bertz CT molecular complexity index is 793. The van der Waals surface area contributed by atoms with E-state index in [9.17, 15) is 19.2 Å². The summed E-state index contributed by atoms with van der Waals surface area (Å²) in [5, 5.41) is 7.89. The van der Waals surface area contributed by atoms with E-state index in [0.29, 0.717) is 6.42 Å². The van der Waals surface area contributed by atoms with Gasteiger partial charge in [-0.15, -0.1) is 0 Å². The first-order valence-corrected chi connectivity index (χ1v) is 11.0. The van der Waals surface area contributed by atoms with E-state index in [1.807, 2.05) is 32.0 Å². The molecule has 32 heavy (non-hydrogen) atoms. The molecule has 1 saturated heterocycles. The molecule has 3 N–H and O–H groups in total. The van der Waals surface area contributed by atoms with E-state index in [-0.39, 0.29) is 24.5 Å². The lowest BCUT2D eigenvalue weighted by Gasteiger charge is -2.31. The molecule has 0 radical (unpaired) electrons. The molecule has 2 rings (SSSR count). The van der Waals surface area contributed by atoms with Crippen molar-refractivity contribution in [3.05, 3.63) is 35.9 Å². The number of carbonyl (C=O) groups excluding carboxylic acids is 4. The zero-order valence-corrected chi connectivity index (χ0v) is 19.2. The summed E-state index contributed by atoms with van der Waals surface area (Å²) in [7, 11) is 1.61. The molecule has 1 heterocycles. The van der Waals surface area contributed by atoms with Gasteiger partial charge in [0.2, 0.25) is 11.8 Å². The molecule has 0 aliphatic carbocycles. The Hall–Kier alpha value is -2.94. The Kier molecular flexibility index (Phi) is 9.64. The van der Waals surface area contributed by atoms with Crippen LogP contribution in [0.25, 0.3) is 0 Å². The van der Waals surface area contributed by atoms with E-state index < -0.39 is 30.0 Å². The molecule has 0 saturated carbocycles. The van der Waals surface area contributed by atoms with Gasteiger partial charge in [0.25, 0.3) is 5.91 Å². The first-order valence-electron chi connectivity index (χ1n) is 11.0. The van der Waals surface area contributed by atoms with Crippen molar-refractivity contribution >= 4 is 23.8 Å². The number of amides is 4. The summed E-state index contributed by atoms with van der Waals surface area (Å²) in [5.41, 5.74) is 0.789. The fraction of sp³-hybridized carbons (Fsp3) is 0.565. The van der Waals surface area contributed by atoms with Gasteiger partial charge < -0.3 is 20.3 Å². The van der Waals surface area contributed by atoms with Crippen molar-refractivity contribution in [3.8, 4) is 0 Å². The van der Waals surface area contributed by atoms with Crippen LogP contribution >= 0.6 is 0 Å². The standard InChI is InChI=1S/C23H34N4O5/c1-15(2)13-19(27(4)22(30)18-11-8-12-24-18)21(29)25-16(3)20(28)26-23(31)32-14-17-9-6-5-7-10-17/h5-7,9-10,15-16,18-19,24H,8,11-14H2,1-4H3,(H,25,29)(H,26,28,31)/t16-,18+,19+/m1/s1. The predicted octanol–water partition coefficient (Wildman–Crippen LogP) is 1.57. The summed E-state index contributed by atoms with van der Waals surface area (Å²) in [5.74, 6) is -1.10. The number of rotatable bonds is 9. The molecule has 1 aliphatic heterocycles. The monoisotopic (exact) mass is 446 g/mol. The molecule has 1 aromatic carbocycles. The highest BCUT2D eigenvalue weighted by Gasteiger charge is 2.34. The lowest BCUT2D eigenvalue weighted by atomic mass is 10.0. The topological polar surface area (TPSA) is 117 Å². The molecule has 3 atom stereocenters. The molecule has 1 aromatic rings. The van der Waals surface area contributed by atoms with Gasteiger partial charge in [-0.05, 0) is 44.2 Å². The molecule has 176 valence electrons. The number of nitrogens with zero attached hydrogens (tertiary/aromatic N) is 1. The molecular formula is C23H34N4O5. The van der Waals surface area contributed by atoms with Crippen molar-refractivity contribution in [3.63, 3.8) is 0 Å². The van der Waals surface area contributed by atoms with Gasteiger partial charge in [0.05, 0.1) is 6.04 Å². The number of alkyl carbamates (subject to hydrolysis) is 1. The largest absolute Gasteiger partial charge is 0.444 e. The molecule has 9 heteroatoms. The maximum atomic E-state index is 12.9. The van der Waals surface area contributed by atoms with E-state index >= 15 is 0 Å². The second-order valence-electron chi connectivity index (χ2n) is 8.52. The molecular weight excluding hydrogens is 412 g/mol. The number of nitrogens with one attached hydrogen (secondary N) is 3. The number of likely N-dealkylation sites (N-methyl/N-ethyl adjacent to an activating group) is 1. The molecule has 4 amide bonds. The van der Waals surface area contributed by atoms with Gasteiger partial charge in [-0.3, -0.25) is 19.7 Å². The Labute approximate surface area is 189 Å². The minimum absolute atomic E-state index is 0.0270. The minimum Gasteiger partial charge on any atom is -0.444 e. The molecule has 0 bridgehead atoms. The van der Waals surface area contributed by atoms with Crippen LogP contribution in [0.5, 0.6) is 0 Å². The summed E-state index contributed by atoms with van der Waals surface area (Å²) in [6.45, 7) is 6.21. The Balaban J connectivity index is 1.90. The van der Waals surface area contributed by atoms with E-state index in [0.717, 1.165) is 24.9 Å². The normalized spacial score (nSPS) is 17.3. The van der Waals surface area contributed by atoms with Gasteiger partial charge >= 0.3 is 6.09 Å². The van der Waals surface area contributed by atoms with Crippen LogP contribution in [-0.4, -0.2) is 60.4 Å². The highest BCUT2D eigenvalue weighted by atomic mass is 16.5. The van der Waals surface area contributed by atoms with Crippen LogP contribution in [0.15, 0.2) is 30.3 Å². The van der Waals surface area contributed by atoms with Gasteiger partial charge in [-0.25, -0.2) is 4.79 Å². The van der Waals surface area contributed by atoms with Crippen molar-refractivity contribution in [2.45, 2.75) is 64.8 Å². The van der Waals surface area contributed by atoms with Crippen molar-refractivity contribution in [1.82, 2.24) is 20.9 Å². The van der Waals surface area contributed by atoms with Gasteiger partial charge in [0.15, 0.2) is 0 Å². The van der Waals surface area contributed by atoms with Crippen LogP contribution in [0.1, 0.15) is 45.6 Å². The fourth-order valence-electron chi connectivity index (χ4n) is 3.53. The Morgan fingerprint density at radius 1 is 1.12 bits per heavy atom. The number of hydrogen-bond acceptors (Lipinski definition) is 6. The lowest BCUT2D eigenvalue weighted by molar-refractivity contribution is -0.141. The number of benzene rings is 1. The predicted molar refractivity (Wildman–Crippen MR) is 119 cm³/mol. The van der Waals surface area contributed by atoms with E-state index in [1.165, 1.54) is 11.8 Å². The number of carbonyl (C=O) groups is 4. The van der Waals surface area contributed by atoms with Gasteiger partial charge in [0.1, 0.15) is 18.7 Å². The van der Waals surface area contributed by atoms with Crippen LogP contribution in [0, 0.1) is 5.92 Å². The van der Waals surface area contributed by atoms with Crippen LogP contribution < -0.4 is 16.0 Å². The summed E-state index contributed by atoms with van der Waals surface area (Å²) < 4.78 is 5.04. The molecule has 0 aromatic heterocycles. The first kappa shape index (κ1) is 25.3. The molecule has 1 fully saturated rings. The summed E-state index contributed by atoms with van der Waals surface area (Å²) in [6, 6.07) is 7.09. The zero-order chi connectivity index (χ0) is 23.7. The Morgan fingerprint density at radius 3 is 2.41 bits per heavy atom. The summed E-state index contributed by atoms with van der Waals surface area (Å²) in [4.78, 5) is 51.4. The van der Waals surface area contributed by atoms with E-state index in [4.69, 9.17) is 4.74 Å². The number of imide groups is 1. The second kappa shape index (κ2) is 12.2. The molecule has 9 nitrogen and oxygen atoms in total. The Morgan fingerprint density at radius 2 is 1.81 bits per heavy atom. The SMILES string of the molecule is CC(C)C[C@@H](C(=O)N[C@H](C)C(=O)NC(=O)OCc1ccccc1)N(C)C(=O)[C@@H]1CCCN1. The average Bonchev–Trinajstić information content (AvgIpc) is 3.30. The summed E-state index contributed by atoms with van der Waals surface area (Å²) in [6.07, 6.45) is 1.22. The number of hydrogen-bond donors (Lipinski definition) is 3. The van der Waals surface area contributed by atoms with Gasteiger partial charge in [0, 0.05) is 7.05 Å². The molecule has 0 unspecified atom stereocenters. The van der Waals surface area contributed by atoms with E-state index in [2.05, 4.69) is 16.0 Å². The van der Waals surface area contributed by atoms with Crippen molar-refractivity contribution in [1.29, 1.82) is 0 Å². The van der Waals surface area contributed by atoms with Gasteiger partial charge in [-0.1, -0.05) is 44.2 Å². The van der Waals surface area contributed by atoms with Gasteiger partial charge in [-0.2, -0.15) is 0 Å². The maximum Gasteiger partial charge on any atom is 0.414 e. The quantitative estimate of drug-likeness (QED) is 0.530. The lowest BCUT2D eigenvalue weighted by Crippen LogP contribution is -2.56. The van der Waals surface area contributed by atoms with E-state index in [1.54, 1.807) is 19.2 Å². The molecule has 0 spiro atoms. The third-order valence-electron chi connectivity index (χ3n) is 5.36. The van der Waals surface area contributed by atoms with Crippen molar-refractivity contribution < 1.29 is 23.9 Å². The number of ether oxygens (including phenoxy) is 1. The van der Waals surface area contributed by atoms with Crippen LogP contribution in [0.4, 0.5) is 4.79 Å². The third kappa shape index (κ3) is 7.64. The minimum atomic E-state index is -0.977.